The summed E-state index contributed by atoms with van der Waals surface area (Å²) in [4.78, 5) is 0. The third kappa shape index (κ3) is 3.42. The van der Waals surface area contributed by atoms with Crippen molar-refractivity contribution in [1.82, 2.24) is 5.32 Å². The first-order chi connectivity index (χ1) is 9.13. The van der Waals surface area contributed by atoms with E-state index >= 15 is 0 Å². The van der Waals surface area contributed by atoms with Crippen LogP contribution in [-0.4, -0.2) is 6.54 Å². The molecule has 0 fully saturated rings. The third-order valence-corrected chi connectivity index (χ3v) is 3.84. The van der Waals surface area contributed by atoms with E-state index in [4.69, 9.17) is 0 Å². The van der Waals surface area contributed by atoms with Crippen LogP contribution >= 0.6 is 15.9 Å². The highest BCUT2D eigenvalue weighted by Gasteiger charge is 2.25. The summed E-state index contributed by atoms with van der Waals surface area (Å²) in [6.45, 7) is 2.79. The van der Waals surface area contributed by atoms with Crippen LogP contribution in [0.1, 0.15) is 44.2 Å². The highest BCUT2D eigenvalue weighted by molar-refractivity contribution is 9.10. The predicted octanol–water partition coefficient (Wildman–Crippen LogP) is 4.88. The third-order valence-electron chi connectivity index (χ3n) is 3.38. The number of hydrogen-bond donors (Lipinski definition) is 1. The first-order valence-corrected chi connectivity index (χ1v) is 7.49. The molecule has 1 N–H and O–H groups in total. The zero-order valence-corrected chi connectivity index (χ0v) is 12.6. The molecule has 4 heteroatoms. The average molecular weight is 330 g/mol. The van der Waals surface area contributed by atoms with Crippen LogP contribution in [0.3, 0.4) is 0 Å². The smallest absolute Gasteiger partial charge is 0.132 e. The van der Waals surface area contributed by atoms with E-state index in [0.717, 1.165) is 37.8 Å². The van der Waals surface area contributed by atoms with Gasteiger partial charge >= 0.3 is 0 Å². The lowest BCUT2D eigenvalue weighted by Crippen LogP contribution is -2.25. The lowest BCUT2D eigenvalue weighted by molar-refractivity contribution is 0.493. The van der Waals surface area contributed by atoms with Gasteiger partial charge in [0, 0.05) is 10.0 Å². The minimum atomic E-state index is -0.492. The molecule has 1 atom stereocenters. The van der Waals surface area contributed by atoms with E-state index < -0.39 is 11.6 Å². The van der Waals surface area contributed by atoms with Crippen LogP contribution in [0.15, 0.2) is 28.3 Å². The first kappa shape index (κ1) is 14.7. The van der Waals surface area contributed by atoms with Gasteiger partial charge < -0.3 is 5.32 Å². The van der Waals surface area contributed by atoms with Gasteiger partial charge in [0.1, 0.15) is 11.6 Å². The van der Waals surface area contributed by atoms with Crippen molar-refractivity contribution < 1.29 is 8.78 Å². The molecule has 1 unspecified atom stereocenters. The van der Waals surface area contributed by atoms with E-state index in [2.05, 4.69) is 27.3 Å². The normalized spacial score (nSPS) is 16.5. The Morgan fingerprint density at radius 1 is 1.32 bits per heavy atom. The summed E-state index contributed by atoms with van der Waals surface area (Å²) >= 11 is 3.12. The first-order valence-electron chi connectivity index (χ1n) is 6.70. The van der Waals surface area contributed by atoms with Gasteiger partial charge in [-0.2, -0.15) is 0 Å². The van der Waals surface area contributed by atoms with Gasteiger partial charge in [0.25, 0.3) is 0 Å². The number of allylic oxidation sites excluding steroid dienone is 1. The molecule has 0 aliphatic heterocycles. The van der Waals surface area contributed by atoms with Crippen molar-refractivity contribution in [2.24, 2.45) is 0 Å². The molecule has 0 aromatic heterocycles. The molecule has 19 heavy (non-hydrogen) atoms. The second kappa shape index (κ2) is 6.62. The Hall–Kier alpha value is -0.740. The van der Waals surface area contributed by atoms with Crippen molar-refractivity contribution in [3.8, 4) is 0 Å². The second-order valence-electron chi connectivity index (χ2n) is 4.84. The van der Waals surface area contributed by atoms with Crippen molar-refractivity contribution in [3.63, 3.8) is 0 Å². The fourth-order valence-corrected chi connectivity index (χ4v) is 2.90. The fraction of sp³-hybridized carbons (Fsp3) is 0.467. The quantitative estimate of drug-likeness (QED) is 0.759. The van der Waals surface area contributed by atoms with Gasteiger partial charge in [0.2, 0.25) is 0 Å². The summed E-state index contributed by atoms with van der Waals surface area (Å²) < 4.78 is 28.6. The van der Waals surface area contributed by atoms with E-state index in [9.17, 15) is 8.78 Å². The fourth-order valence-electron chi connectivity index (χ4n) is 2.49. The van der Waals surface area contributed by atoms with E-state index in [1.807, 2.05) is 6.92 Å². The topological polar surface area (TPSA) is 12.0 Å². The van der Waals surface area contributed by atoms with E-state index in [1.54, 1.807) is 0 Å². The Balaban J connectivity index is 2.37. The molecular weight excluding hydrogens is 312 g/mol. The monoisotopic (exact) mass is 329 g/mol. The molecule has 104 valence electrons. The standard InChI is InChI=1S/C15H18BrF2N/c1-2-7-19-15(10-5-3-4-6-10)14-12(17)8-11(16)9-13(14)18/h5,8-9,15,19H,2-4,6-7H2,1H3. The van der Waals surface area contributed by atoms with Gasteiger partial charge in [-0.15, -0.1) is 0 Å². The molecule has 1 nitrogen and oxygen atoms in total. The van der Waals surface area contributed by atoms with Crippen LogP contribution < -0.4 is 5.32 Å². The molecule has 0 spiro atoms. The maximum absolute atomic E-state index is 14.1. The van der Waals surface area contributed by atoms with Crippen LogP contribution in [0, 0.1) is 11.6 Å². The SMILES string of the molecule is CCCNC(C1=CCCC1)c1c(F)cc(Br)cc1F. The molecule has 0 saturated heterocycles. The second-order valence-corrected chi connectivity index (χ2v) is 5.76. The van der Waals surface area contributed by atoms with Crippen LogP contribution in [0.5, 0.6) is 0 Å². The summed E-state index contributed by atoms with van der Waals surface area (Å²) in [5.41, 5.74) is 1.25. The molecule has 1 aliphatic carbocycles. The van der Waals surface area contributed by atoms with E-state index in [-0.39, 0.29) is 11.6 Å². The molecule has 1 aromatic rings. The molecule has 1 aliphatic rings. The lowest BCUT2D eigenvalue weighted by atomic mass is 9.97. The molecule has 0 bridgehead atoms. The zero-order chi connectivity index (χ0) is 13.8. The minimum absolute atomic E-state index is 0.143. The Bertz CT molecular complexity index is 462. The maximum atomic E-state index is 14.1. The molecule has 0 saturated carbocycles. The number of benzene rings is 1. The Labute approximate surface area is 121 Å². The van der Waals surface area contributed by atoms with E-state index in [0.29, 0.717) is 4.47 Å². The molecule has 0 amide bonds. The summed E-state index contributed by atoms with van der Waals surface area (Å²) in [6, 6.07) is 2.32. The van der Waals surface area contributed by atoms with Gasteiger partial charge in [-0.25, -0.2) is 8.78 Å². The largest absolute Gasteiger partial charge is 0.306 e. The van der Waals surface area contributed by atoms with Crippen molar-refractivity contribution in [1.29, 1.82) is 0 Å². The minimum Gasteiger partial charge on any atom is -0.306 e. The van der Waals surface area contributed by atoms with E-state index in [1.165, 1.54) is 12.1 Å². The summed E-state index contributed by atoms with van der Waals surface area (Å²) in [5, 5.41) is 3.27. The van der Waals surface area contributed by atoms with Crippen molar-refractivity contribution in [2.75, 3.05) is 6.54 Å². The van der Waals surface area contributed by atoms with Crippen molar-refractivity contribution >= 4 is 15.9 Å². The molecule has 2 rings (SSSR count). The average Bonchev–Trinajstić information content (AvgIpc) is 2.85. The van der Waals surface area contributed by atoms with Gasteiger partial charge in [-0.3, -0.25) is 0 Å². The van der Waals surface area contributed by atoms with Crippen LogP contribution in [0.2, 0.25) is 0 Å². The Kier molecular flexibility index (Phi) is 5.11. The van der Waals surface area contributed by atoms with Crippen molar-refractivity contribution in [2.45, 2.75) is 38.6 Å². The highest BCUT2D eigenvalue weighted by atomic mass is 79.9. The number of hydrogen-bond acceptors (Lipinski definition) is 1. The Morgan fingerprint density at radius 3 is 2.53 bits per heavy atom. The number of halogens is 3. The molecule has 1 aromatic carbocycles. The lowest BCUT2D eigenvalue weighted by Gasteiger charge is -2.22. The Morgan fingerprint density at radius 2 is 2.00 bits per heavy atom. The zero-order valence-electron chi connectivity index (χ0n) is 11.0. The van der Waals surface area contributed by atoms with Crippen LogP contribution in [0.4, 0.5) is 8.78 Å². The van der Waals surface area contributed by atoms with Gasteiger partial charge in [-0.1, -0.05) is 34.5 Å². The molecular formula is C15H18BrF2N. The van der Waals surface area contributed by atoms with Crippen LogP contribution in [-0.2, 0) is 0 Å². The number of rotatable bonds is 5. The molecule has 0 heterocycles. The summed E-state index contributed by atoms with van der Waals surface area (Å²) in [7, 11) is 0. The summed E-state index contributed by atoms with van der Waals surface area (Å²) in [6.07, 6.45) is 6.02. The van der Waals surface area contributed by atoms with Gasteiger partial charge in [0.15, 0.2) is 0 Å². The van der Waals surface area contributed by atoms with Crippen LogP contribution in [0.25, 0.3) is 0 Å². The maximum Gasteiger partial charge on any atom is 0.132 e. The predicted molar refractivity (Wildman–Crippen MR) is 77.0 cm³/mol. The highest BCUT2D eigenvalue weighted by Crippen LogP contribution is 2.34. The molecule has 0 radical (unpaired) electrons. The van der Waals surface area contributed by atoms with Crippen molar-refractivity contribution in [3.05, 3.63) is 45.5 Å². The number of nitrogens with one attached hydrogen (secondary N) is 1. The van der Waals surface area contributed by atoms with Gasteiger partial charge in [0.05, 0.1) is 6.04 Å². The van der Waals surface area contributed by atoms with Gasteiger partial charge in [-0.05, 0) is 44.4 Å². The summed E-state index contributed by atoms with van der Waals surface area (Å²) in [5.74, 6) is -0.985.